The SMILES string of the molecule is COCCNC(=O)[C@H](NC(=O)C1CCC(C)CC1)C(C)C. The number of carbonyl (C=O) groups excluding carboxylic acids is 2. The third-order valence-electron chi connectivity index (χ3n) is 4.24. The zero-order valence-corrected chi connectivity index (χ0v) is 13.8. The van der Waals surface area contributed by atoms with Crippen molar-refractivity contribution in [1.82, 2.24) is 10.6 Å². The van der Waals surface area contributed by atoms with Gasteiger partial charge in [-0.05, 0) is 37.5 Å². The number of carbonyl (C=O) groups is 2. The predicted molar refractivity (Wildman–Crippen MR) is 82.8 cm³/mol. The Bertz CT molecular complexity index is 336. The van der Waals surface area contributed by atoms with Crippen molar-refractivity contribution in [2.75, 3.05) is 20.3 Å². The molecule has 5 heteroatoms. The molecule has 0 aromatic heterocycles. The Morgan fingerprint density at radius 2 is 1.81 bits per heavy atom. The van der Waals surface area contributed by atoms with Crippen LogP contribution in [0.2, 0.25) is 0 Å². The molecule has 0 aromatic carbocycles. The second kappa shape index (κ2) is 9.03. The molecule has 0 bridgehead atoms. The summed E-state index contributed by atoms with van der Waals surface area (Å²) in [4.78, 5) is 24.5. The van der Waals surface area contributed by atoms with Crippen LogP contribution in [0.25, 0.3) is 0 Å². The molecule has 0 aromatic rings. The molecule has 5 nitrogen and oxygen atoms in total. The number of ether oxygens (including phenoxy) is 1. The highest BCUT2D eigenvalue weighted by atomic mass is 16.5. The van der Waals surface area contributed by atoms with E-state index < -0.39 is 6.04 Å². The van der Waals surface area contributed by atoms with Gasteiger partial charge in [0.2, 0.25) is 11.8 Å². The molecule has 0 aliphatic heterocycles. The summed E-state index contributed by atoms with van der Waals surface area (Å²) in [6, 6.07) is -0.464. The van der Waals surface area contributed by atoms with Crippen molar-refractivity contribution in [3.63, 3.8) is 0 Å². The van der Waals surface area contributed by atoms with Crippen LogP contribution < -0.4 is 10.6 Å². The molecular weight excluding hydrogens is 268 g/mol. The van der Waals surface area contributed by atoms with Crippen LogP contribution in [-0.2, 0) is 14.3 Å². The predicted octanol–water partition coefficient (Wildman–Crippen LogP) is 1.72. The van der Waals surface area contributed by atoms with E-state index in [0.717, 1.165) is 25.7 Å². The van der Waals surface area contributed by atoms with Gasteiger partial charge in [-0.2, -0.15) is 0 Å². The highest BCUT2D eigenvalue weighted by Crippen LogP contribution is 2.28. The second-order valence-electron chi connectivity index (χ2n) is 6.47. The van der Waals surface area contributed by atoms with Crippen molar-refractivity contribution in [1.29, 1.82) is 0 Å². The Morgan fingerprint density at radius 3 is 2.33 bits per heavy atom. The monoisotopic (exact) mass is 298 g/mol. The molecule has 0 spiro atoms. The van der Waals surface area contributed by atoms with Gasteiger partial charge in [0, 0.05) is 19.6 Å². The third-order valence-corrected chi connectivity index (χ3v) is 4.24. The maximum atomic E-state index is 12.3. The smallest absolute Gasteiger partial charge is 0.242 e. The molecule has 1 aliphatic rings. The van der Waals surface area contributed by atoms with E-state index in [9.17, 15) is 9.59 Å². The van der Waals surface area contributed by atoms with Crippen molar-refractivity contribution < 1.29 is 14.3 Å². The summed E-state index contributed by atoms with van der Waals surface area (Å²) in [6.45, 7) is 7.07. The lowest BCUT2D eigenvalue weighted by Gasteiger charge is -2.28. The quantitative estimate of drug-likeness (QED) is 0.703. The van der Waals surface area contributed by atoms with Crippen molar-refractivity contribution in [2.45, 2.75) is 52.5 Å². The fourth-order valence-corrected chi connectivity index (χ4v) is 2.71. The van der Waals surface area contributed by atoms with Crippen LogP contribution >= 0.6 is 0 Å². The lowest BCUT2D eigenvalue weighted by molar-refractivity contribution is -0.132. The molecule has 2 amide bonds. The van der Waals surface area contributed by atoms with E-state index in [1.54, 1.807) is 7.11 Å². The van der Waals surface area contributed by atoms with E-state index in [2.05, 4.69) is 17.6 Å². The fourth-order valence-electron chi connectivity index (χ4n) is 2.71. The average Bonchev–Trinajstić information content (AvgIpc) is 2.45. The minimum atomic E-state index is -0.464. The van der Waals surface area contributed by atoms with Gasteiger partial charge in [-0.3, -0.25) is 9.59 Å². The normalized spacial score (nSPS) is 23.7. The Hall–Kier alpha value is -1.10. The summed E-state index contributed by atoms with van der Waals surface area (Å²) in [6.07, 6.45) is 4.07. The molecule has 122 valence electrons. The molecule has 1 rings (SSSR count). The molecule has 2 N–H and O–H groups in total. The second-order valence-corrected chi connectivity index (χ2v) is 6.47. The first kappa shape index (κ1) is 18.0. The van der Waals surface area contributed by atoms with E-state index in [1.807, 2.05) is 13.8 Å². The number of methoxy groups -OCH3 is 1. The van der Waals surface area contributed by atoms with Gasteiger partial charge in [-0.1, -0.05) is 20.8 Å². The highest BCUT2D eigenvalue weighted by Gasteiger charge is 2.29. The van der Waals surface area contributed by atoms with Gasteiger partial charge >= 0.3 is 0 Å². The van der Waals surface area contributed by atoms with E-state index >= 15 is 0 Å². The van der Waals surface area contributed by atoms with Crippen molar-refractivity contribution in [3.8, 4) is 0 Å². The summed E-state index contributed by atoms with van der Waals surface area (Å²) >= 11 is 0. The Morgan fingerprint density at radius 1 is 1.19 bits per heavy atom. The summed E-state index contributed by atoms with van der Waals surface area (Å²) in [5.74, 6) is 0.752. The highest BCUT2D eigenvalue weighted by molar-refractivity contribution is 5.88. The van der Waals surface area contributed by atoms with Crippen molar-refractivity contribution >= 4 is 11.8 Å². The number of hydrogen-bond donors (Lipinski definition) is 2. The van der Waals surface area contributed by atoms with E-state index in [-0.39, 0.29) is 23.7 Å². The van der Waals surface area contributed by atoms with Gasteiger partial charge in [-0.25, -0.2) is 0 Å². The molecule has 21 heavy (non-hydrogen) atoms. The summed E-state index contributed by atoms with van der Waals surface area (Å²) in [5.41, 5.74) is 0. The van der Waals surface area contributed by atoms with E-state index in [4.69, 9.17) is 4.74 Å². The van der Waals surface area contributed by atoms with Gasteiger partial charge in [-0.15, -0.1) is 0 Å². The van der Waals surface area contributed by atoms with E-state index in [0.29, 0.717) is 19.1 Å². The molecular formula is C16H30N2O3. The average molecular weight is 298 g/mol. The van der Waals surface area contributed by atoms with Gasteiger partial charge in [0.25, 0.3) is 0 Å². The molecule has 0 heterocycles. The molecule has 1 saturated carbocycles. The molecule has 0 saturated heterocycles. The zero-order chi connectivity index (χ0) is 15.8. The lowest BCUT2D eigenvalue weighted by atomic mass is 9.82. The van der Waals surface area contributed by atoms with Crippen LogP contribution in [0.3, 0.4) is 0 Å². The molecule has 0 radical (unpaired) electrons. The summed E-state index contributed by atoms with van der Waals surface area (Å²) < 4.78 is 4.92. The van der Waals surface area contributed by atoms with Gasteiger partial charge in [0.05, 0.1) is 6.61 Å². The van der Waals surface area contributed by atoms with Crippen LogP contribution in [0.15, 0.2) is 0 Å². The zero-order valence-electron chi connectivity index (χ0n) is 13.8. The fraction of sp³-hybridized carbons (Fsp3) is 0.875. The van der Waals surface area contributed by atoms with Crippen LogP contribution in [0.5, 0.6) is 0 Å². The van der Waals surface area contributed by atoms with Gasteiger partial charge < -0.3 is 15.4 Å². The Kier molecular flexibility index (Phi) is 7.72. The molecule has 0 unspecified atom stereocenters. The van der Waals surface area contributed by atoms with E-state index in [1.165, 1.54) is 0 Å². The number of hydrogen-bond acceptors (Lipinski definition) is 3. The van der Waals surface area contributed by atoms with Crippen LogP contribution in [-0.4, -0.2) is 38.1 Å². The first-order valence-corrected chi connectivity index (χ1v) is 8.02. The Balaban J connectivity index is 2.49. The standard InChI is InChI=1S/C16H30N2O3/c1-11(2)14(16(20)17-9-10-21-4)18-15(19)13-7-5-12(3)6-8-13/h11-14H,5-10H2,1-4H3,(H,17,20)(H,18,19)/t12?,13?,14-/m1/s1. The van der Waals surface area contributed by atoms with Crippen LogP contribution in [0.4, 0.5) is 0 Å². The summed E-state index contributed by atoms with van der Waals surface area (Å²) in [7, 11) is 1.60. The molecule has 1 fully saturated rings. The molecule has 1 aliphatic carbocycles. The largest absolute Gasteiger partial charge is 0.383 e. The third kappa shape index (κ3) is 6.04. The van der Waals surface area contributed by atoms with Crippen molar-refractivity contribution in [3.05, 3.63) is 0 Å². The Labute approximate surface area is 128 Å². The first-order valence-electron chi connectivity index (χ1n) is 8.02. The lowest BCUT2D eigenvalue weighted by Crippen LogP contribution is -2.51. The van der Waals surface area contributed by atoms with Crippen LogP contribution in [0, 0.1) is 17.8 Å². The maximum absolute atomic E-state index is 12.3. The number of nitrogens with one attached hydrogen (secondary N) is 2. The minimum Gasteiger partial charge on any atom is -0.383 e. The molecule has 1 atom stereocenters. The van der Waals surface area contributed by atoms with Gasteiger partial charge in [0.1, 0.15) is 6.04 Å². The van der Waals surface area contributed by atoms with Crippen molar-refractivity contribution in [2.24, 2.45) is 17.8 Å². The topological polar surface area (TPSA) is 67.4 Å². The summed E-state index contributed by atoms with van der Waals surface area (Å²) in [5, 5.41) is 5.74. The first-order chi connectivity index (χ1) is 9.95. The number of rotatable bonds is 7. The minimum absolute atomic E-state index is 0.0301. The van der Waals surface area contributed by atoms with Gasteiger partial charge in [0.15, 0.2) is 0 Å². The van der Waals surface area contributed by atoms with Crippen LogP contribution in [0.1, 0.15) is 46.5 Å². The maximum Gasteiger partial charge on any atom is 0.242 e. The number of amides is 2.